The third-order valence-electron chi connectivity index (χ3n) is 5.97. The first-order valence-electron chi connectivity index (χ1n) is 11.2. The SMILES string of the molecule is CCn1c(=O)c(CCC(=O)Nc2ccc(OC)cc2)c(C)c2c(C)nn(-c3cccc(F)c3)c21. The van der Waals surface area contributed by atoms with Crippen molar-refractivity contribution in [2.75, 3.05) is 12.4 Å². The molecule has 0 spiro atoms. The van der Waals surface area contributed by atoms with E-state index in [1.165, 1.54) is 12.1 Å². The molecular weight excluding hydrogens is 435 g/mol. The summed E-state index contributed by atoms with van der Waals surface area (Å²) in [4.78, 5) is 26.0. The van der Waals surface area contributed by atoms with Crippen LogP contribution in [-0.2, 0) is 17.8 Å². The number of carbonyl (C=O) groups is 1. The van der Waals surface area contributed by atoms with Crippen LogP contribution in [0.3, 0.4) is 0 Å². The number of hydrogen-bond acceptors (Lipinski definition) is 4. The minimum atomic E-state index is -0.375. The van der Waals surface area contributed by atoms with E-state index < -0.39 is 0 Å². The molecule has 2 aromatic heterocycles. The molecule has 0 atom stereocenters. The zero-order valence-corrected chi connectivity index (χ0v) is 19.7. The Morgan fingerprint density at radius 3 is 2.53 bits per heavy atom. The fourth-order valence-corrected chi connectivity index (χ4v) is 4.29. The summed E-state index contributed by atoms with van der Waals surface area (Å²) in [5, 5.41) is 8.32. The second kappa shape index (κ2) is 9.51. The Kier molecular flexibility index (Phi) is 6.49. The summed E-state index contributed by atoms with van der Waals surface area (Å²) in [5.41, 5.74) is 3.79. The number of halogens is 1. The molecule has 2 aromatic carbocycles. The zero-order chi connectivity index (χ0) is 24.4. The molecule has 34 heavy (non-hydrogen) atoms. The topological polar surface area (TPSA) is 78.2 Å². The van der Waals surface area contributed by atoms with Crippen molar-refractivity contribution in [1.82, 2.24) is 14.3 Å². The van der Waals surface area contributed by atoms with E-state index in [9.17, 15) is 14.0 Å². The van der Waals surface area contributed by atoms with E-state index in [0.717, 1.165) is 16.6 Å². The highest BCUT2D eigenvalue weighted by Crippen LogP contribution is 2.26. The van der Waals surface area contributed by atoms with Gasteiger partial charge in [-0.25, -0.2) is 9.07 Å². The van der Waals surface area contributed by atoms with E-state index >= 15 is 0 Å². The quantitative estimate of drug-likeness (QED) is 0.437. The standard InChI is InChI=1S/C26H27FN4O3/c1-5-30-25-24(17(3)29-31(25)20-8-6-7-18(27)15-20)16(2)22(26(30)33)13-14-23(32)28-19-9-11-21(34-4)12-10-19/h6-12,15H,5,13-14H2,1-4H3,(H,28,32). The highest BCUT2D eigenvalue weighted by Gasteiger charge is 2.21. The van der Waals surface area contributed by atoms with Crippen LogP contribution in [0, 0.1) is 19.7 Å². The number of aromatic nitrogens is 3. The van der Waals surface area contributed by atoms with Crippen molar-refractivity contribution in [3.8, 4) is 11.4 Å². The van der Waals surface area contributed by atoms with E-state index in [4.69, 9.17) is 4.74 Å². The Morgan fingerprint density at radius 2 is 1.88 bits per heavy atom. The molecule has 4 aromatic rings. The van der Waals surface area contributed by atoms with Crippen LogP contribution in [0.25, 0.3) is 16.7 Å². The van der Waals surface area contributed by atoms with E-state index in [0.29, 0.717) is 41.3 Å². The summed E-state index contributed by atoms with van der Waals surface area (Å²) in [7, 11) is 1.58. The van der Waals surface area contributed by atoms with Gasteiger partial charge in [-0.15, -0.1) is 0 Å². The van der Waals surface area contributed by atoms with Gasteiger partial charge in [-0.05, 0) is 75.2 Å². The lowest BCUT2D eigenvalue weighted by Gasteiger charge is -2.14. The van der Waals surface area contributed by atoms with Gasteiger partial charge in [0.1, 0.15) is 17.2 Å². The molecule has 8 heteroatoms. The molecule has 1 N–H and O–H groups in total. The molecule has 0 saturated heterocycles. The lowest BCUT2D eigenvalue weighted by atomic mass is 10.0. The minimum Gasteiger partial charge on any atom is -0.497 e. The molecule has 0 radical (unpaired) electrons. The molecular formula is C26H27FN4O3. The fourth-order valence-electron chi connectivity index (χ4n) is 4.29. The molecule has 1 amide bonds. The minimum absolute atomic E-state index is 0.161. The van der Waals surface area contributed by atoms with Gasteiger partial charge in [0.2, 0.25) is 5.91 Å². The first-order chi connectivity index (χ1) is 16.3. The normalized spacial score (nSPS) is 11.1. The number of methoxy groups -OCH3 is 1. The maximum atomic E-state index is 13.9. The van der Waals surface area contributed by atoms with E-state index in [-0.39, 0.29) is 23.7 Å². The molecule has 0 fully saturated rings. The number of anilines is 1. The summed E-state index contributed by atoms with van der Waals surface area (Å²) in [5.74, 6) is 0.149. The number of fused-ring (bicyclic) bond motifs is 1. The summed E-state index contributed by atoms with van der Waals surface area (Å²) < 4.78 is 22.3. The molecule has 0 unspecified atom stereocenters. The van der Waals surface area contributed by atoms with Gasteiger partial charge >= 0.3 is 0 Å². The maximum Gasteiger partial charge on any atom is 0.255 e. The number of nitrogens with one attached hydrogen (secondary N) is 1. The van der Waals surface area contributed by atoms with Crippen molar-refractivity contribution in [1.29, 1.82) is 0 Å². The lowest BCUT2D eigenvalue weighted by Crippen LogP contribution is -2.27. The van der Waals surface area contributed by atoms with Crippen LogP contribution in [0.2, 0.25) is 0 Å². The predicted molar refractivity (Wildman–Crippen MR) is 130 cm³/mol. The Hall–Kier alpha value is -3.94. The molecule has 4 rings (SSSR count). The van der Waals surface area contributed by atoms with Crippen molar-refractivity contribution < 1.29 is 13.9 Å². The molecule has 0 aliphatic carbocycles. The molecule has 7 nitrogen and oxygen atoms in total. The number of aryl methyl sites for hydroxylation is 3. The monoisotopic (exact) mass is 462 g/mol. The van der Waals surface area contributed by atoms with E-state index in [1.54, 1.807) is 52.8 Å². The highest BCUT2D eigenvalue weighted by atomic mass is 19.1. The molecule has 176 valence electrons. The molecule has 0 aliphatic heterocycles. The van der Waals surface area contributed by atoms with Gasteiger partial charge in [0, 0.05) is 29.6 Å². The van der Waals surface area contributed by atoms with E-state index in [1.807, 2.05) is 20.8 Å². The van der Waals surface area contributed by atoms with Gasteiger partial charge in [-0.3, -0.25) is 14.2 Å². The number of pyridine rings is 1. The molecule has 2 heterocycles. The predicted octanol–water partition coefficient (Wildman–Crippen LogP) is 4.54. The highest BCUT2D eigenvalue weighted by molar-refractivity contribution is 5.91. The number of ether oxygens (including phenoxy) is 1. The summed E-state index contributed by atoms with van der Waals surface area (Å²) in [6.45, 7) is 6.05. The number of rotatable bonds is 7. The molecule has 0 bridgehead atoms. The van der Waals surface area contributed by atoms with Crippen LogP contribution < -0.4 is 15.6 Å². The number of nitrogens with zero attached hydrogens (tertiary/aromatic N) is 3. The average Bonchev–Trinajstić information content (AvgIpc) is 3.17. The summed E-state index contributed by atoms with van der Waals surface area (Å²) in [6, 6.07) is 13.2. The fraction of sp³-hybridized carbons (Fsp3) is 0.269. The van der Waals surface area contributed by atoms with Crippen LogP contribution in [0.15, 0.2) is 53.3 Å². The zero-order valence-electron chi connectivity index (χ0n) is 19.7. The first kappa shape index (κ1) is 23.2. The van der Waals surface area contributed by atoms with Gasteiger partial charge in [0.15, 0.2) is 0 Å². The summed E-state index contributed by atoms with van der Waals surface area (Å²) >= 11 is 0. The Balaban J connectivity index is 1.68. The van der Waals surface area contributed by atoms with Crippen LogP contribution in [-0.4, -0.2) is 27.4 Å². The van der Waals surface area contributed by atoms with Crippen molar-refractivity contribution in [3.63, 3.8) is 0 Å². The van der Waals surface area contributed by atoms with Gasteiger partial charge in [-0.2, -0.15) is 5.10 Å². The Morgan fingerprint density at radius 1 is 1.15 bits per heavy atom. The lowest BCUT2D eigenvalue weighted by molar-refractivity contribution is -0.116. The average molecular weight is 463 g/mol. The number of hydrogen-bond donors (Lipinski definition) is 1. The van der Waals surface area contributed by atoms with Crippen molar-refractivity contribution >= 4 is 22.6 Å². The largest absolute Gasteiger partial charge is 0.497 e. The Labute approximate surface area is 196 Å². The van der Waals surface area contributed by atoms with Gasteiger partial charge in [-0.1, -0.05) is 6.07 Å². The number of benzene rings is 2. The third-order valence-corrected chi connectivity index (χ3v) is 5.97. The summed E-state index contributed by atoms with van der Waals surface area (Å²) in [6.07, 6.45) is 0.460. The van der Waals surface area contributed by atoms with Crippen LogP contribution >= 0.6 is 0 Å². The Bertz CT molecular complexity index is 1420. The number of carbonyl (C=O) groups excluding carboxylic acids is 1. The van der Waals surface area contributed by atoms with Crippen LogP contribution in [0.4, 0.5) is 10.1 Å². The third kappa shape index (κ3) is 4.31. The number of amides is 1. The van der Waals surface area contributed by atoms with Crippen molar-refractivity contribution in [3.05, 3.63) is 81.5 Å². The second-order valence-electron chi connectivity index (χ2n) is 8.11. The van der Waals surface area contributed by atoms with Gasteiger partial charge in [0.05, 0.1) is 18.5 Å². The van der Waals surface area contributed by atoms with E-state index in [2.05, 4.69) is 10.4 Å². The van der Waals surface area contributed by atoms with Crippen LogP contribution in [0.5, 0.6) is 5.75 Å². The second-order valence-corrected chi connectivity index (χ2v) is 8.11. The van der Waals surface area contributed by atoms with Crippen LogP contribution in [0.1, 0.15) is 30.2 Å². The molecule has 0 saturated carbocycles. The smallest absolute Gasteiger partial charge is 0.255 e. The van der Waals surface area contributed by atoms with Crippen molar-refractivity contribution in [2.45, 2.75) is 40.2 Å². The van der Waals surface area contributed by atoms with Crippen molar-refractivity contribution in [2.24, 2.45) is 0 Å². The van der Waals surface area contributed by atoms with Gasteiger partial charge in [0.25, 0.3) is 5.56 Å². The molecule has 0 aliphatic rings. The maximum absolute atomic E-state index is 13.9. The first-order valence-corrected chi connectivity index (χ1v) is 11.2. The van der Waals surface area contributed by atoms with Gasteiger partial charge < -0.3 is 10.1 Å².